The van der Waals surface area contributed by atoms with Gasteiger partial charge in [0.05, 0.1) is 24.8 Å². The SMILES string of the molecule is CC(C)(C)OC(=O)N1CCC(c2noc(-c3ccc(=O)n(C4COC4)c3)n2)CC1. The van der Waals surface area contributed by atoms with Crippen molar-refractivity contribution in [3.63, 3.8) is 0 Å². The Morgan fingerprint density at radius 3 is 2.55 bits per heavy atom. The molecule has 2 aliphatic rings. The maximum atomic E-state index is 12.2. The van der Waals surface area contributed by atoms with Crippen LogP contribution in [-0.4, -0.2) is 57.6 Å². The first kappa shape index (κ1) is 19.6. The minimum absolute atomic E-state index is 0.0574. The van der Waals surface area contributed by atoms with E-state index in [0.29, 0.717) is 43.6 Å². The summed E-state index contributed by atoms with van der Waals surface area (Å²) in [7, 11) is 0. The molecule has 4 heterocycles. The lowest BCUT2D eigenvalue weighted by atomic mass is 9.96. The number of aromatic nitrogens is 3. The summed E-state index contributed by atoms with van der Waals surface area (Å²) in [5.41, 5.74) is 0.135. The molecule has 156 valence electrons. The van der Waals surface area contributed by atoms with E-state index in [1.54, 1.807) is 21.7 Å². The minimum atomic E-state index is -0.501. The molecule has 0 aromatic carbocycles. The summed E-state index contributed by atoms with van der Waals surface area (Å²) >= 11 is 0. The molecule has 0 aliphatic carbocycles. The van der Waals surface area contributed by atoms with Crippen LogP contribution in [0.1, 0.15) is 51.4 Å². The normalized spacial score (nSPS) is 18.5. The second kappa shape index (κ2) is 7.62. The Morgan fingerprint density at radius 1 is 1.21 bits per heavy atom. The summed E-state index contributed by atoms with van der Waals surface area (Å²) in [6.07, 6.45) is 2.96. The van der Waals surface area contributed by atoms with Gasteiger partial charge in [0.25, 0.3) is 11.4 Å². The van der Waals surface area contributed by atoms with Gasteiger partial charge in [0.2, 0.25) is 0 Å². The monoisotopic (exact) mass is 402 g/mol. The number of nitrogens with zero attached hydrogens (tertiary/aromatic N) is 4. The van der Waals surface area contributed by atoms with Crippen molar-refractivity contribution in [1.29, 1.82) is 0 Å². The molecule has 2 aromatic rings. The third-order valence-electron chi connectivity index (χ3n) is 5.15. The van der Waals surface area contributed by atoms with E-state index in [0.717, 1.165) is 12.8 Å². The maximum absolute atomic E-state index is 12.2. The minimum Gasteiger partial charge on any atom is -0.444 e. The second-order valence-corrected chi connectivity index (χ2v) is 8.55. The predicted molar refractivity (Wildman–Crippen MR) is 104 cm³/mol. The van der Waals surface area contributed by atoms with Gasteiger partial charge < -0.3 is 23.5 Å². The first-order valence-corrected chi connectivity index (χ1v) is 9.92. The van der Waals surface area contributed by atoms with E-state index in [2.05, 4.69) is 10.1 Å². The van der Waals surface area contributed by atoms with Gasteiger partial charge in [-0.3, -0.25) is 4.79 Å². The number of carbonyl (C=O) groups is 1. The van der Waals surface area contributed by atoms with Crippen LogP contribution in [-0.2, 0) is 9.47 Å². The fourth-order valence-electron chi connectivity index (χ4n) is 3.46. The molecule has 0 spiro atoms. The lowest BCUT2D eigenvalue weighted by Gasteiger charge is -2.32. The smallest absolute Gasteiger partial charge is 0.410 e. The third-order valence-corrected chi connectivity index (χ3v) is 5.15. The van der Waals surface area contributed by atoms with Gasteiger partial charge in [-0.05, 0) is 39.7 Å². The Bertz CT molecular complexity index is 933. The molecule has 29 heavy (non-hydrogen) atoms. The Balaban J connectivity index is 1.41. The molecular weight excluding hydrogens is 376 g/mol. The highest BCUT2D eigenvalue weighted by atomic mass is 16.6. The molecule has 0 unspecified atom stereocenters. The topological polar surface area (TPSA) is 99.7 Å². The van der Waals surface area contributed by atoms with E-state index in [9.17, 15) is 9.59 Å². The quantitative estimate of drug-likeness (QED) is 0.778. The van der Waals surface area contributed by atoms with Crippen LogP contribution < -0.4 is 5.56 Å². The summed E-state index contributed by atoms with van der Waals surface area (Å²) in [5.74, 6) is 1.15. The van der Waals surface area contributed by atoms with Crippen molar-refractivity contribution in [2.24, 2.45) is 0 Å². The molecule has 2 aliphatic heterocycles. The van der Waals surface area contributed by atoms with Crippen molar-refractivity contribution in [1.82, 2.24) is 19.6 Å². The highest BCUT2D eigenvalue weighted by Gasteiger charge is 2.30. The molecular formula is C20H26N4O5. The van der Waals surface area contributed by atoms with E-state index in [1.165, 1.54) is 6.07 Å². The number of ether oxygens (including phenoxy) is 2. The van der Waals surface area contributed by atoms with Gasteiger partial charge in [0, 0.05) is 31.3 Å². The van der Waals surface area contributed by atoms with Gasteiger partial charge >= 0.3 is 6.09 Å². The molecule has 0 radical (unpaired) electrons. The molecule has 2 fully saturated rings. The third kappa shape index (κ3) is 4.34. The number of likely N-dealkylation sites (tertiary alicyclic amines) is 1. The van der Waals surface area contributed by atoms with E-state index < -0.39 is 5.60 Å². The Morgan fingerprint density at radius 2 is 1.93 bits per heavy atom. The summed E-state index contributed by atoms with van der Waals surface area (Å²) < 4.78 is 17.7. The number of amides is 1. The molecule has 0 atom stereocenters. The lowest BCUT2D eigenvalue weighted by molar-refractivity contribution is -0.0247. The predicted octanol–water partition coefficient (Wildman–Crippen LogP) is 2.58. The molecule has 2 aromatic heterocycles. The fraction of sp³-hybridized carbons (Fsp3) is 0.600. The largest absolute Gasteiger partial charge is 0.444 e. The van der Waals surface area contributed by atoms with Crippen LogP contribution in [0.2, 0.25) is 0 Å². The van der Waals surface area contributed by atoms with Crippen LogP contribution in [0.25, 0.3) is 11.5 Å². The average molecular weight is 402 g/mol. The fourth-order valence-corrected chi connectivity index (χ4v) is 3.46. The van der Waals surface area contributed by atoms with E-state index in [1.807, 2.05) is 20.8 Å². The molecule has 0 bridgehead atoms. The van der Waals surface area contributed by atoms with Gasteiger partial charge in [0.15, 0.2) is 5.82 Å². The zero-order valence-electron chi connectivity index (χ0n) is 17.0. The molecule has 1 amide bonds. The zero-order chi connectivity index (χ0) is 20.6. The van der Waals surface area contributed by atoms with Crippen LogP contribution in [0.4, 0.5) is 4.79 Å². The van der Waals surface area contributed by atoms with Gasteiger partial charge in [-0.15, -0.1) is 0 Å². The van der Waals surface area contributed by atoms with Crippen molar-refractivity contribution in [3.05, 3.63) is 34.5 Å². The number of carbonyl (C=O) groups excluding carboxylic acids is 1. The molecule has 4 rings (SSSR count). The van der Waals surface area contributed by atoms with Gasteiger partial charge in [-0.25, -0.2) is 4.79 Å². The molecule has 9 heteroatoms. The Hall–Kier alpha value is -2.68. The number of pyridine rings is 1. The summed E-state index contributed by atoms with van der Waals surface area (Å²) in [6, 6.07) is 3.26. The van der Waals surface area contributed by atoms with Gasteiger partial charge in [-0.2, -0.15) is 4.98 Å². The maximum Gasteiger partial charge on any atom is 0.410 e. The molecule has 2 saturated heterocycles. The Kier molecular flexibility index (Phi) is 5.16. The first-order chi connectivity index (χ1) is 13.8. The van der Waals surface area contributed by atoms with E-state index in [-0.39, 0.29) is 23.6 Å². The summed E-state index contributed by atoms with van der Waals surface area (Å²) in [6.45, 7) is 7.84. The number of hydrogen-bond acceptors (Lipinski definition) is 7. The van der Waals surface area contributed by atoms with Crippen LogP contribution in [0.5, 0.6) is 0 Å². The highest BCUT2D eigenvalue weighted by Crippen LogP contribution is 2.29. The van der Waals surface area contributed by atoms with Crippen LogP contribution >= 0.6 is 0 Å². The standard InChI is InChI=1S/C20H26N4O5/c1-20(2,3)28-19(26)23-8-6-13(7-9-23)17-21-18(29-22-17)14-4-5-16(25)24(10-14)15-11-27-12-15/h4-5,10,13,15H,6-9,11-12H2,1-3H3. The first-order valence-electron chi connectivity index (χ1n) is 9.92. The van der Waals surface area contributed by atoms with Crippen molar-refractivity contribution in [2.75, 3.05) is 26.3 Å². The molecule has 0 saturated carbocycles. The number of piperidine rings is 1. The van der Waals surface area contributed by atoms with Gasteiger partial charge in [-0.1, -0.05) is 5.16 Å². The summed E-state index contributed by atoms with van der Waals surface area (Å²) in [4.78, 5) is 30.5. The molecule has 9 nitrogen and oxygen atoms in total. The summed E-state index contributed by atoms with van der Waals surface area (Å²) in [5, 5.41) is 4.14. The number of rotatable bonds is 3. The van der Waals surface area contributed by atoms with Crippen LogP contribution in [0, 0.1) is 0 Å². The van der Waals surface area contributed by atoms with Gasteiger partial charge in [0.1, 0.15) is 5.60 Å². The van der Waals surface area contributed by atoms with E-state index in [4.69, 9.17) is 14.0 Å². The average Bonchev–Trinajstić information content (AvgIpc) is 3.11. The lowest BCUT2D eigenvalue weighted by Crippen LogP contribution is -2.41. The van der Waals surface area contributed by atoms with Crippen molar-refractivity contribution >= 4 is 6.09 Å². The highest BCUT2D eigenvalue weighted by molar-refractivity contribution is 5.68. The van der Waals surface area contributed by atoms with Crippen LogP contribution in [0.3, 0.4) is 0 Å². The van der Waals surface area contributed by atoms with Crippen molar-refractivity contribution in [3.8, 4) is 11.5 Å². The molecule has 0 N–H and O–H groups in total. The van der Waals surface area contributed by atoms with Crippen molar-refractivity contribution < 1.29 is 18.8 Å². The van der Waals surface area contributed by atoms with E-state index >= 15 is 0 Å². The van der Waals surface area contributed by atoms with Crippen molar-refractivity contribution in [2.45, 2.75) is 51.2 Å². The Labute approximate surface area is 168 Å². The second-order valence-electron chi connectivity index (χ2n) is 8.55. The van der Waals surface area contributed by atoms with Crippen LogP contribution in [0.15, 0.2) is 27.6 Å². The number of hydrogen-bond donors (Lipinski definition) is 0. The zero-order valence-corrected chi connectivity index (χ0v) is 17.0.